The fourth-order valence-corrected chi connectivity index (χ4v) is 2.61. The molecule has 0 aromatic carbocycles. The van der Waals surface area contributed by atoms with Crippen LogP contribution in [0.3, 0.4) is 0 Å². The van der Waals surface area contributed by atoms with Gasteiger partial charge in [0.1, 0.15) is 6.10 Å². The molecule has 1 aromatic rings. The highest BCUT2D eigenvalue weighted by Crippen LogP contribution is 2.33. The zero-order chi connectivity index (χ0) is 14.8. The monoisotopic (exact) mass is 282 g/mol. The summed E-state index contributed by atoms with van der Waals surface area (Å²) in [5.41, 5.74) is -0.000129. The van der Waals surface area contributed by atoms with Crippen LogP contribution in [0.5, 0.6) is 0 Å². The smallest absolute Gasteiger partial charge is 0.305 e. The van der Waals surface area contributed by atoms with Gasteiger partial charge in [-0.2, -0.15) is 0 Å². The lowest BCUT2D eigenvalue weighted by Gasteiger charge is -2.26. The van der Waals surface area contributed by atoms with Crippen molar-refractivity contribution in [2.75, 3.05) is 6.61 Å². The number of aliphatic carboxylic acids is 1. The summed E-state index contributed by atoms with van der Waals surface area (Å²) >= 11 is 0. The van der Waals surface area contributed by atoms with Gasteiger partial charge >= 0.3 is 5.97 Å². The average molecular weight is 282 g/mol. The van der Waals surface area contributed by atoms with E-state index < -0.39 is 5.97 Å². The summed E-state index contributed by atoms with van der Waals surface area (Å²) in [4.78, 5) is 11.1. The van der Waals surface area contributed by atoms with E-state index in [1.54, 1.807) is 4.68 Å². The van der Waals surface area contributed by atoms with Gasteiger partial charge < -0.3 is 9.84 Å². The minimum atomic E-state index is -0.840. The van der Waals surface area contributed by atoms with Crippen molar-refractivity contribution in [3.05, 3.63) is 5.82 Å². The standard InChI is InChI=1S/C13H22N4O3/c1-13(2,3)8-9(7-11(18)19)17-12(14-15-16-17)10-5-4-6-20-10/h9-10H,4-8H2,1-3H3,(H,18,19). The van der Waals surface area contributed by atoms with E-state index in [2.05, 4.69) is 36.3 Å². The lowest BCUT2D eigenvalue weighted by atomic mass is 9.87. The third-order valence-corrected chi connectivity index (χ3v) is 3.34. The highest BCUT2D eigenvalue weighted by molar-refractivity contribution is 5.67. The fourth-order valence-electron chi connectivity index (χ4n) is 2.61. The number of tetrazole rings is 1. The van der Waals surface area contributed by atoms with Gasteiger partial charge in [-0.15, -0.1) is 5.10 Å². The first-order valence-corrected chi connectivity index (χ1v) is 6.98. The SMILES string of the molecule is CC(C)(C)CC(CC(=O)O)n1nnnc1C1CCCO1. The van der Waals surface area contributed by atoms with Crippen LogP contribution in [0.25, 0.3) is 0 Å². The molecule has 20 heavy (non-hydrogen) atoms. The molecule has 2 unspecified atom stereocenters. The summed E-state index contributed by atoms with van der Waals surface area (Å²) < 4.78 is 7.26. The molecule has 7 nitrogen and oxygen atoms in total. The Balaban J connectivity index is 2.23. The van der Waals surface area contributed by atoms with Crippen molar-refractivity contribution in [3.63, 3.8) is 0 Å². The number of ether oxygens (including phenoxy) is 1. The number of rotatable bonds is 5. The highest BCUT2D eigenvalue weighted by atomic mass is 16.5. The molecule has 1 aliphatic rings. The van der Waals surface area contributed by atoms with E-state index in [0.717, 1.165) is 12.8 Å². The number of hydrogen-bond donors (Lipinski definition) is 1. The van der Waals surface area contributed by atoms with E-state index >= 15 is 0 Å². The van der Waals surface area contributed by atoms with Gasteiger partial charge in [0.2, 0.25) is 0 Å². The lowest BCUT2D eigenvalue weighted by Crippen LogP contribution is -2.24. The van der Waals surface area contributed by atoms with Gasteiger partial charge in [-0.25, -0.2) is 4.68 Å². The van der Waals surface area contributed by atoms with Crippen LogP contribution >= 0.6 is 0 Å². The Morgan fingerprint density at radius 2 is 2.30 bits per heavy atom. The molecular weight excluding hydrogens is 260 g/mol. The first-order valence-electron chi connectivity index (χ1n) is 6.98. The molecule has 1 aliphatic heterocycles. The van der Waals surface area contributed by atoms with Crippen LogP contribution in [0.1, 0.15) is 64.4 Å². The van der Waals surface area contributed by atoms with Crippen molar-refractivity contribution in [1.29, 1.82) is 0 Å². The van der Waals surface area contributed by atoms with Crippen molar-refractivity contribution in [1.82, 2.24) is 20.2 Å². The Kier molecular flexibility index (Phi) is 4.37. The molecule has 1 fully saturated rings. The molecule has 2 rings (SSSR count). The summed E-state index contributed by atoms with van der Waals surface area (Å²) in [5, 5.41) is 20.9. The molecule has 0 amide bonds. The molecule has 7 heteroatoms. The van der Waals surface area contributed by atoms with Crippen molar-refractivity contribution in [2.45, 2.75) is 58.6 Å². The van der Waals surface area contributed by atoms with Gasteiger partial charge in [0.15, 0.2) is 5.82 Å². The Hall–Kier alpha value is -1.50. The van der Waals surface area contributed by atoms with Crippen LogP contribution in [0.2, 0.25) is 0 Å². The van der Waals surface area contributed by atoms with Crippen molar-refractivity contribution < 1.29 is 14.6 Å². The molecule has 2 atom stereocenters. The molecule has 0 aliphatic carbocycles. The van der Waals surface area contributed by atoms with Crippen LogP contribution in [0.4, 0.5) is 0 Å². The van der Waals surface area contributed by atoms with E-state index in [1.165, 1.54) is 0 Å². The summed E-state index contributed by atoms with van der Waals surface area (Å²) in [6.07, 6.45) is 2.48. The molecule has 0 radical (unpaired) electrons. The van der Waals surface area contributed by atoms with Crippen molar-refractivity contribution >= 4 is 5.97 Å². The summed E-state index contributed by atoms with van der Waals surface area (Å²) in [6.45, 7) is 6.95. The Labute approximate surface area is 118 Å². The Morgan fingerprint density at radius 3 is 2.85 bits per heavy atom. The number of carbonyl (C=O) groups is 1. The van der Waals surface area contributed by atoms with Gasteiger partial charge in [0.05, 0.1) is 12.5 Å². The van der Waals surface area contributed by atoms with E-state index in [-0.39, 0.29) is 24.0 Å². The molecule has 1 N–H and O–H groups in total. The first kappa shape index (κ1) is 14.9. The topological polar surface area (TPSA) is 90.1 Å². The maximum absolute atomic E-state index is 11.1. The number of hydrogen-bond acceptors (Lipinski definition) is 5. The van der Waals surface area contributed by atoms with Crippen LogP contribution in [0.15, 0.2) is 0 Å². The Morgan fingerprint density at radius 1 is 1.55 bits per heavy atom. The minimum Gasteiger partial charge on any atom is -0.481 e. The average Bonchev–Trinajstić information content (AvgIpc) is 2.96. The van der Waals surface area contributed by atoms with Crippen molar-refractivity contribution in [2.24, 2.45) is 5.41 Å². The van der Waals surface area contributed by atoms with Crippen LogP contribution in [0, 0.1) is 5.41 Å². The molecule has 2 heterocycles. The first-order chi connectivity index (χ1) is 9.37. The van der Waals surface area contributed by atoms with Gasteiger partial charge in [-0.1, -0.05) is 20.8 Å². The quantitative estimate of drug-likeness (QED) is 0.888. The normalized spacial score (nSPS) is 21.1. The zero-order valence-electron chi connectivity index (χ0n) is 12.2. The summed E-state index contributed by atoms with van der Waals surface area (Å²) in [5.74, 6) is -0.189. The molecule has 0 spiro atoms. The molecule has 0 bridgehead atoms. The third-order valence-electron chi connectivity index (χ3n) is 3.34. The number of nitrogens with zero attached hydrogens (tertiary/aromatic N) is 4. The number of carboxylic acid groups (broad SMARTS) is 1. The lowest BCUT2D eigenvalue weighted by molar-refractivity contribution is -0.138. The van der Waals surface area contributed by atoms with Crippen molar-refractivity contribution in [3.8, 4) is 0 Å². The predicted molar refractivity (Wildman–Crippen MR) is 71.1 cm³/mol. The van der Waals surface area contributed by atoms with E-state index in [4.69, 9.17) is 9.84 Å². The largest absolute Gasteiger partial charge is 0.481 e. The summed E-state index contributed by atoms with van der Waals surface area (Å²) in [6, 6.07) is -0.248. The second-order valence-electron chi connectivity index (χ2n) is 6.50. The minimum absolute atomic E-state index is 0.000129. The van der Waals surface area contributed by atoms with Gasteiger partial charge in [-0.05, 0) is 35.1 Å². The molecule has 0 saturated carbocycles. The van der Waals surface area contributed by atoms with Gasteiger partial charge in [0, 0.05) is 6.61 Å². The molecule has 1 saturated heterocycles. The fraction of sp³-hybridized carbons (Fsp3) is 0.846. The van der Waals surface area contributed by atoms with E-state index in [1.807, 2.05) is 0 Å². The number of carboxylic acids is 1. The van der Waals surface area contributed by atoms with Gasteiger partial charge in [0.25, 0.3) is 0 Å². The van der Waals surface area contributed by atoms with Gasteiger partial charge in [-0.3, -0.25) is 4.79 Å². The molecule has 1 aromatic heterocycles. The molecule has 112 valence electrons. The van der Waals surface area contributed by atoms with Crippen LogP contribution in [-0.4, -0.2) is 37.9 Å². The number of aromatic nitrogens is 4. The van der Waals surface area contributed by atoms with E-state index in [0.29, 0.717) is 18.9 Å². The predicted octanol–water partition coefficient (Wildman–Crippen LogP) is 1.98. The maximum Gasteiger partial charge on any atom is 0.305 e. The highest BCUT2D eigenvalue weighted by Gasteiger charge is 2.30. The third kappa shape index (κ3) is 3.75. The second kappa shape index (κ2) is 5.87. The molecular formula is C13H22N4O3. The zero-order valence-corrected chi connectivity index (χ0v) is 12.2. The van der Waals surface area contributed by atoms with Crippen LogP contribution in [-0.2, 0) is 9.53 Å². The van der Waals surface area contributed by atoms with Crippen LogP contribution < -0.4 is 0 Å². The Bertz CT molecular complexity index is 460. The van der Waals surface area contributed by atoms with E-state index in [9.17, 15) is 4.79 Å². The maximum atomic E-state index is 11.1. The second-order valence-corrected chi connectivity index (χ2v) is 6.50. The summed E-state index contributed by atoms with van der Waals surface area (Å²) in [7, 11) is 0.